The number of aryl methyl sites for hydroxylation is 1. The minimum Gasteiger partial charge on any atom is -0.382 e. The molecule has 0 saturated carbocycles. The van der Waals surface area contributed by atoms with E-state index < -0.39 is 5.60 Å². The van der Waals surface area contributed by atoms with E-state index in [1.807, 2.05) is 17.8 Å². The van der Waals surface area contributed by atoms with Crippen molar-refractivity contribution in [3.63, 3.8) is 0 Å². The third-order valence-corrected chi connectivity index (χ3v) is 3.82. The third kappa shape index (κ3) is 2.53. The molecular weight excluding hydrogens is 214 g/mol. The van der Waals surface area contributed by atoms with Gasteiger partial charge in [0.25, 0.3) is 0 Å². The van der Waals surface area contributed by atoms with Crippen molar-refractivity contribution in [3.8, 4) is 0 Å². The van der Waals surface area contributed by atoms with Gasteiger partial charge in [0.2, 0.25) is 0 Å². The Bertz CT molecular complexity index is 374. The van der Waals surface area contributed by atoms with Gasteiger partial charge in [-0.1, -0.05) is 0 Å². The molecule has 17 heavy (non-hydrogen) atoms. The largest absolute Gasteiger partial charge is 0.382 e. The highest BCUT2D eigenvalue weighted by molar-refractivity contribution is 5.05. The highest BCUT2D eigenvalue weighted by Gasteiger charge is 2.35. The Balaban J connectivity index is 2.15. The lowest BCUT2D eigenvalue weighted by Gasteiger charge is -2.27. The lowest BCUT2D eigenvalue weighted by atomic mass is 9.94. The molecule has 1 unspecified atom stereocenters. The van der Waals surface area contributed by atoms with E-state index in [2.05, 4.69) is 23.7 Å². The number of aliphatic hydroxyl groups is 1. The van der Waals surface area contributed by atoms with E-state index in [-0.39, 0.29) is 0 Å². The molecule has 1 aromatic heterocycles. The molecule has 0 radical (unpaired) electrons. The maximum atomic E-state index is 10.8. The van der Waals surface area contributed by atoms with Gasteiger partial charge in [-0.25, -0.2) is 4.98 Å². The third-order valence-electron chi connectivity index (χ3n) is 3.82. The molecule has 0 spiro atoms. The van der Waals surface area contributed by atoms with Crippen LogP contribution in [-0.4, -0.2) is 38.7 Å². The minimum absolute atomic E-state index is 0.554. The monoisotopic (exact) mass is 237 g/mol. The zero-order chi connectivity index (χ0) is 12.5. The lowest BCUT2D eigenvalue weighted by molar-refractivity contribution is 0.00919. The van der Waals surface area contributed by atoms with Crippen molar-refractivity contribution in [2.75, 3.05) is 13.1 Å². The predicted octanol–water partition coefficient (Wildman–Crippen LogP) is 1.50. The summed E-state index contributed by atoms with van der Waals surface area (Å²) in [5.74, 6) is 0.808. The number of aromatic nitrogens is 2. The molecule has 0 aromatic carbocycles. The Labute approximate surface area is 103 Å². The highest BCUT2D eigenvalue weighted by Crippen LogP contribution is 2.31. The van der Waals surface area contributed by atoms with Gasteiger partial charge in [-0.2, -0.15) is 0 Å². The van der Waals surface area contributed by atoms with E-state index >= 15 is 0 Å². The fraction of sp³-hybridized carbons (Fsp3) is 0.769. The second kappa shape index (κ2) is 4.78. The van der Waals surface area contributed by atoms with Gasteiger partial charge >= 0.3 is 0 Å². The van der Waals surface area contributed by atoms with E-state index in [9.17, 15) is 5.11 Å². The van der Waals surface area contributed by atoms with Gasteiger partial charge in [-0.15, -0.1) is 0 Å². The molecule has 4 heteroatoms. The maximum Gasteiger partial charge on any atom is 0.140 e. The first-order valence-electron chi connectivity index (χ1n) is 6.47. The molecule has 1 aliphatic rings. The van der Waals surface area contributed by atoms with Crippen molar-refractivity contribution in [1.29, 1.82) is 0 Å². The molecule has 1 saturated heterocycles. The van der Waals surface area contributed by atoms with Crippen LogP contribution in [0.15, 0.2) is 12.4 Å². The molecule has 1 fully saturated rings. The van der Waals surface area contributed by atoms with Crippen LogP contribution in [0.4, 0.5) is 0 Å². The van der Waals surface area contributed by atoms with Crippen molar-refractivity contribution < 1.29 is 5.11 Å². The molecule has 1 aliphatic heterocycles. The lowest BCUT2D eigenvalue weighted by Crippen LogP contribution is -2.34. The van der Waals surface area contributed by atoms with Gasteiger partial charge < -0.3 is 14.6 Å². The van der Waals surface area contributed by atoms with Crippen LogP contribution in [0.2, 0.25) is 0 Å². The molecular formula is C13H23N3O. The normalized spacial score (nSPS) is 27.4. The highest BCUT2D eigenvalue weighted by atomic mass is 16.3. The summed E-state index contributed by atoms with van der Waals surface area (Å²) in [5, 5.41) is 10.8. The maximum absolute atomic E-state index is 10.8. The van der Waals surface area contributed by atoms with Gasteiger partial charge in [-0.3, -0.25) is 0 Å². The summed E-state index contributed by atoms with van der Waals surface area (Å²) >= 11 is 0. The summed E-state index contributed by atoms with van der Waals surface area (Å²) in [7, 11) is 1.95. The molecule has 1 N–H and O–H groups in total. The molecule has 96 valence electrons. The van der Waals surface area contributed by atoms with E-state index in [0.29, 0.717) is 6.04 Å². The molecule has 4 nitrogen and oxygen atoms in total. The summed E-state index contributed by atoms with van der Waals surface area (Å²) in [6.45, 7) is 6.45. The minimum atomic E-state index is -0.748. The first-order chi connectivity index (χ1) is 8.03. The summed E-state index contributed by atoms with van der Waals surface area (Å²) < 4.78 is 1.94. The average Bonchev–Trinajstić information content (AvgIpc) is 2.59. The Morgan fingerprint density at radius 1 is 1.35 bits per heavy atom. The summed E-state index contributed by atoms with van der Waals surface area (Å²) in [5.41, 5.74) is -0.748. The number of rotatable bonds is 2. The average molecular weight is 237 g/mol. The van der Waals surface area contributed by atoms with Crippen LogP contribution in [0.25, 0.3) is 0 Å². The number of imidazole rings is 1. The molecule has 2 rings (SSSR count). The topological polar surface area (TPSA) is 41.3 Å². The van der Waals surface area contributed by atoms with Gasteiger partial charge in [0.15, 0.2) is 0 Å². The molecule has 0 amide bonds. The molecule has 0 bridgehead atoms. The number of nitrogens with zero attached hydrogens (tertiary/aromatic N) is 3. The van der Waals surface area contributed by atoms with Crippen LogP contribution in [0, 0.1) is 0 Å². The van der Waals surface area contributed by atoms with Crippen LogP contribution < -0.4 is 0 Å². The first kappa shape index (κ1) is 12.6. The number of likely N-dealkylation sites (tertiary alicyclic amines) is 1. The quantitative estimate of drug-likeness (QED) is 0.847. The second-order valence-electron chi connectivity index (χ2n) is 5.38. The van der Waals surface area contributed by atoms with E-state index in [0.717, 1.165) is 38.2 Å². The SMILES string of the molecule is CC(C)N1CCCC(O)(c2nccn2C)CC1. The molecule has 0 aliphatic carbocycles. The molecule has 1 aromatic rings. The van der Waals surface area contributed by atoms with Crippen molar-refractivity contribution >= 4 is 0 Å². The summed E-state index contributed by atoms with van der Waals surface area (Å²) in [4.78, 5) is 6.75. The van der Waals surface area contributed by atoms with Crippen LogP contribution in [0.5, 0.6) is 0 Å². The standard InChI is InChI=1S/C13H23N3O/c1-11(2)16-8-4-5-13(17,6-9-16)12-14-7-10-15(12)3/h7,10-11,17H,4-6,8-9H2,1-3H3. The van der Waals surface area contributed by atoms with Crippen molar-refractivity contribution in [2.45, 2.75) is 44.8 Å². The summed E-state index contributed by atoms with van der Waals surface area (Å²) in [6, 6.07) is 0.554. The number of hydrogen-bond donors (Lipinski definition) is 1. The Hall–Kier alpha value is -0.870. The number of hydrogen-bond acceptors (Lipinski definition) is 3. The zero-order valence-corrected chi connectivity index (χ0v) is 11.1. The van der Waals surface area contributed by atoms with Crippen LogP contribution in [0.1, 0.15) is 38.9 Å². The van der Waals surface area contributed by atoms with Gasteiger partial charge in [0.05, 0.1) is 0 Å². The second-order valence-corrected chi connectivity index (χ2v) is 5.38. The summed E-state index contributed by atoms with van der Waals surface area (Å²) in [6.07, 6.45) is 6.27. The fourth-order valence-electron chi connectivity index (χ4n) is 2.69. The van der Waals surface area contributed by atoms with E-state index in [4.69, 9.17) is 0 Å². The van der Waals surface area contributed by atoms with Gasteiger partial charge in [-0.05, 0) is 39.7 Å². The zero-order valence-electron chi connectivity index (χ0n) is 11.1. The smallest absolute Gasteiger partial charge is 0.140 e. The molecule has 1 atom stereocenters. The first-order valence-corrected chi connectivity index (χ1v) is 6.47. The van der Waals surface area contributed by atoms with Gasteiger partial charge in [0, 0.05) is 32.0 Å². The van der Waals surface area contributed by atoms with Crippen LogP contribution in [0.3, 0.4) is 0 Å². The predicted molar refractivity (Wildman–Crippen MR) is 67.7 cm³/mol. The van der Waals surface area contributed by atoms with Crippen LogP contribution >= 0.6 is 0 Å². The van der Waals surface area contributed by atoms with E-state index in [1.54, 1.807) is 6.20 Å². The Morgan fingerprint density at radius 2 is 2.12 bits per heavy atom. The van der Waals surface area contributed by atoms with Gasteiger partial charge in [0.1, 0.15) is 11.4 Å². The Morgan fingerprint density at radius 3 is 2.71 bits per heavy atom. The van der Waals surface area contributed by atoms with Crippen LogP contribution in [-0.2, 0) is 12.6 Å². The molecule has 2 heterocycles. The Kier molecular flexibility index (Phi) is 3.54. The van der Waals surface area contributed by atoms with Crippen molar-refractivity contribution in [1.82, 2.24) is 14.5 Å². The van der Waals surface area contributed by atoms with E-state index in [1.165, 1.54) is 0 Å². The van der Waals surface area contributed by atoms with Crippen molar-refractivity contribution in [3.05, 3.63) is 18.2 Å². The van der Waals surface area contributed by atoms with Crippen molar-refractivity contribution in [2.24, 2.45) is 7.05 Å². The fourth-order valence-corrected chi connectivity index (χ4v) is 2.69.